The number of hydrogen-bond donors (Lipinski definition) is 1. The number of amides is 2. The molecule has 3 aromatic rings. The predicted molar refractivity (Wildman–Crippen MR) is 110 cm³/mol. The van der Waals surface area contributed by atoms with Crippen LogP contribution in [-0.4, -0.2) is 22.6 Å². The molecular weight excluding hydrogens is 352 g/mol. The second kappa shape index (κ2) is 8.49. The van der Waals surface area contributed by atoms with E-state index in [0.717, 1.165) is 28.4 Å². The summed E-state index contributed by atoms with van der Waals surface area (Å²) in [6, 6.07) is 15.9. The van der Waals surface area contributed by atoms with Gasteiger partial charge in [-0.05, 0) is 37.6 Å². The van der Waals surface area contributed by atoms with Gasteiger partial charge in [-0.25, -0.2) is 0 Å². The fourth-order valence-electron chi connectivity index (χ4n) is 3.29. The topological polar surface area (TPSA) is 87.2 Å². The Labute approximate surface area is 163 Å². The lowest BCUT2D eigenvalue weighted by molar-refractivity contribution is -0.130. The van der Waals surface area contributed by atoms with Gasteiger partial charge in [-0.2, -0.15) is 5.26 Å². The molecule has 0 radical (unpaired) electrons. The van der Waals surface area contributed by atoms with E-state index in [2.05, 4.69) is 33.9 Å². The largest absolute Gasteiger partial charge is 0.341 e. The number of carbonyl (C=O) groups excluding carboxylic acids is 2. The molecule has 2 aromatic carbocycles. The van der Waals surface area contributed by atoms with Crippen LogP contribution < -0.4 is 5.32 Å². The summed E-state index contributed by atoms with van der Waals surface area (Å²) in [7, 11) is 0. The molecule has 0 aliphatic carbocycles. The van der Waals surface area contributed by atoms with Crippen LogP contribution in [0.1, 0.15) is 26.7 Å². The molecule has 0 fully saturated rings. The maximum atomic E-state index is 12.1. The van der Waals surface area contributed by atoms with Gasteiger partial charge in [0.15, 0.2) is 5.92 Å². The number of aliphatic imine (C=N–C) groups is 1. The van der Waals surface area contributed by atoms with Crippen LogP contribution in [0.3, 0.4) is 0 Å². The molecule has 0 aliphatic rings. The molecule has 0 spiro atoms. The van der Waals surface area contributed by atoms with Crippen molar-refractivity contribution in [3.8, 4) is 6.07 Å². The van der Waals surface area contributed by atoms with Crippen molar-refractivity contribution in [2.75, 3.05) is 0 Å². The van der Waals surface area contributed by atoms with E-state index < -0.39 is 11.8 Å². The highest BCUT2D eigenvalue weighted by Gasteiger charge is 2.18. The molecule has 0 aliphatic heterocycles. The fraction of sp³-hybridized carbons (Fsp3) is 0.273. The Hall–Kier alpha value is -3.46. The minimum absolute atomic E-state index is 0.249. The number of aromatic nitrogens is 1. The lowest BCUT2D eigenvalue weighted by Crippen LogP contribution is -2.35. The molecule has 1 heterocycles. The third-order valence-corrected chi connectivity index (χ3v) is 4.61. The maximum Gasteiger partial charge on any atom is 0.249 e. The predicted octanol–water partition coefficient (Wildman–Crippen LogP) is 4.10. The van der Waals surface area contributed by atoms with E-state index in [-0.39, 0.29) is 12.3 Å². The van der Waals surface area contributed by atoms with Crippen molar-refractivity contribution in [1.82, 2.24) is 9.88 Å². The lowest BCUT2D eigenvalue weighted by atomic mass is 10.1. The van der Waals surface area contributed by atoms with Crippen molar-refractivity contribution in [1.29, 1.82) is 5.26 Å². The van der Waals surface area contributed by atoms with Gasteiger partial charge in [0, 0.05) is 41.0 Å². The zero-order valence-electron chi connectivity index (χ0n) is 16.0. The molecule has 142 valence electrons. The number of para-hydroxylation sites is 1. The van der Waals surface area contributed by atoms with Gasteiger partial charge in [-0.1, -0.05) is 25.1 Å². The monoisotopic (exact) mass is 374 g/mol. The molecule has 1 aromatic heterocycles. The molecule has 0 saturated heterocycles. The summed E-state index contributed by atoms with van der Waals surface area (Å²) < 4.78 is 2.24. The first kappa shape index (κ1) is 19.3. The molecule has 0 bridgehead atoms. The summed E-state index contributed by atoms with van der Waals surface area (Å²) in [5.74, 6) is -2.14. The first-order valence-electron chi connectivity index (χ1n) is 9.37. The van der Waals surface area contributed by atoms with Crippen molar-refractivity contribution in [3.05, 3.63) is 42.5 Å². The number of carbonyl (C=O) groups is 2. The van der Waals surface area contributed by atoms with Crippen LogP contribution in [-0.2, 0) is 16.1 Å². The first-order valence-corrected chi connectivity index (χ1v) is 9.37. The number of benzene rings is 2. The van der Waals surface area contributed by atoms with Crippen LogP contribution in [0.25, 0.3) is 21.8 Å². The van der Waals surface area contributed by atoms with Gasteiger partial charge in [-0.3, -0.25) is 19.9 Å². The van der Waals surface area contributed by atoms with Crippen molar-refractivity contribution >= 4 is 45.5 Å². The second-order valence-corrected chi connectivity index (χ2v) is 6.51. The molecule has 1 N–H and O–H groups in total. The van der Waals surface area contributed by atoms with Gasteiger partial charge in [0.05, 0.1) is 11.8 Å². The van der Waals surface area contributed by atoms with Crippen LogP contribution in [0.15, 0.2) is 47.5 Å². The number of aryl methyl sites for hydroxylation is 1. The number of hydrogen-bond acceptors (Lipinski definition) is 4. The number of rotatable bonds is 6. The summed E-state index contributed by atoms with van der Waals surface area (Å²) >= 11 is 0. The Morgan fingerprint density at radius 1 is 1.18 bits per heavy atom. The van der Waals surface area contributed by atoms with Gasteiger partial charge < -0.3 is 4.57 Å². The number of nitriles is 1. The van der Waals surface area contributed by atoms with Gasteiger partial charge in [-0.15, -0.1) is 0 Å². The normalized spacial score (nSPS) is 12.3. The highest BCUT2D eigenvalue weighted by Crippen LogP contribution is 2.31. The minimum atomic E-state index is -1.12. The Morgan fingerprint density at radius 3 is 2.64 bits per heavy atom. The molecule has 6 heteroatoms. The highest BCUT2D eigenvalue weighted by molar-refractivity contribution is 6.09. The summed E-state index contributed by atoms with van der Waals surface area (Å²) in [6.07, 6.45) is 2.17. The molecule has 1 unspecified atom stereocenters. The smallest absolute Gasteiger partial charge is 0.249 e. The SMILES string of the molecule is CCCC(=O)NC(=O)C(C#N)C=Nc1ccc2c(c1)c1ccccc1n2CC. The third-order valence-electron chi connectivity index (χ3n) is 4.61. The number of imide groups is 1. The zero-order chi connectivity index (χ0) is 20.1. The Balaban J connectivity index is 1.89. The number of nitrogens with zero attached hydrogens (tertiary/aromatic N) is 3. The van der Waals surface area contributed by atoms with Crippen LogP contribution in [0.4, 0.5) is 5.69 Å². The van der Waals surface area contributed by atoms with Gasteiger partial charge >= 0.3 is 0 Å². The Kier molecular flexibility index (Phi) is 5.85. The van der Waals surface area contributed by atoms with E-state index in [1.165, 1.54) is 6.21 Å². The molecule has 3 rings (SSSR count). The van der Waals surface area contributed by atoms with Crippen molar-refractivity contribution < 1.29 is 9.59 Å². The average Bonchev–Trinajstić information content (AvgIpc) is 3.01. The van der Waals surface area contributed by atoms with E-state index in [1.54, 1.807) is 0 Å². The van der Waals surface area contributed by atoms with Crippen LogP contribution in [0, 0.1) is 17.2 Å². The van der Waals surface area contributed by atoms with Crippen molar-refractivity contribution in [2.45, 2.75) is 33.2 Å². The van der Waals surface area contributed by atoms with Crippen LogP contribution in [0.2, 0.25) is 0 Å². The minimum Gasteiger partial charge on any atom is -0.341 e. The van der Waals surface area contributed by atoms with Crippen molar-refractivity contribution in [2.24, 2.45) is 10.9 Å². The fourth-order valence-corrected chi connectivity index (χ4v) is 3.29. The van der Waals surface area contributed by atoms with E-state index >= 15 is 0 Å². The van der Waals surface area contributed by atoms with Crippen LogP contribution >= 0.6 is 0 Å². The van der Waals surface area contributed by atoms with E-state index in [9.17, 15) is 14.9 Å². The quantitative estimate of drug-likeness (QED) is 0.659. The number of fused-ring (bicyclic) bond motifs is 3. The average molecular weight is 374 g/mol. The van der Waals surface area contributed by atoms with Crippen LogP contribution in [0.5, 0.6) is 0 Å². The molecule has 1 atom stereocenters. The van der Waals surface area contributed by atoms with E-state index in [1.807, 2.05) is 43.3 Å². The van der Waals surface area contributed by atoms with E-state index in [4.69, 9.17) is 0 Å². The summed E-state index contributed by atoms with van der Waals surface area (Å²) in [5.41, 5.74) is 2.92. The summed E-state index contributed by atoms with van der Waals surface area (Å²) in [6.45, 7) is 4.81. The highest BCUT2D eigenvalue weighted by atomic mass is 16.2. The molecule has 28 heavy (non-hydrogen) atoms. The Bertz CT molecular complexity index is 1100. The van der Waals surface area contributed by atoms with Gasteiger partial charge in [0.25, 0.3) is 0 Å². The van der Waals surface area contributed by atoms with E-state index in [0.29, 0.717) is 12.1 Å². The van der Waals surface area contributed by atoms with Gasteiger partial charge in [0.2, 0.25) is 11.8 Å². The van der Waals surface area contributed by atoms with Crippen molar-refractivity contribution in [3.63, 3.8) is 0 Å². The molecule has 0 saturated carbocycles. The molecule has 6 nitrogen and oxygen atoms in total. The third kappa shape index (κ3) is 3.79. The lowest BCUT2D eigenvalue weighted by Gasteiger charge is -2.05. The standard InChI is InChI=1S/C22H22N4O2/c1-3-7-21(27)25-22(28)15(13-23)14-24-16-10-11-20-18(12-16)17-8-5-6-9-19(17)26(20)4-2/h5-6,8-12,14-15H,3-4,7H2,1-2H3,(H,25,27,28). The molecular formula is C22H22N4O2. The summed E-state index contributed by atoms with van der Waals surface area (Å²) in [4.78, 5) is 27.9. The maximum absolute atomic E-state index is 12.1. The first-order chi connectivity index (χ1) is 13.6. The molecule has 2 amide bonds. The second-order valence-electron chi connectivity index (χ2n) is 6.51. The Morgan fingerprint density at radius 2 is 1.93 bits per heavy atom. The van der Waals surface area contributed by atoms with Gasteiger partial charge in [0.1, 0.15) is 0 Å². The number of nitrogens with one attached hydrogen (secondary N) is 1. The summed E-state index contributed by atoms with van der Waals surface area (Å²) in [5, 5.41) is 13.7. The zero-order valence-corrected chi connectivity index (χ0v) is 16.0.